The lowest BCUT2D eigenvalue weighted by molar-refractivity contribution is 0.0952. The van der Waals surface area contributed by atoms with Gasteiger partial charge in [-0.3, -0.25) is 9.79 Å². The first-order valence-electron chi connectivity index (χ1n) is 7.69. The highest BCUT2D eigenvalue weighted by Gasteiger charge is 2.17. The lowest BCUT2D eigenvalue weighted by Gasteiger charge is -2.31. The van der Waals surface area contributed by atoms with Crippen LogP contribution >= 0.6 is 0 Å². The number of carbonyl (C=O) groups is 1. The number of hydrogen-bond acceptors (Lipinski definition) is 3. The Hall–Kier alpha value is -2.24. The fourth-order valence-corrected chi connectivity index (χ4v) is 2.60. The van der Waals surface area contributed by atoms with Crippen LogP contribution in [0.15, 0.2) is 29.3 Å². The van der Waals surface area contributed by atoms with Crippen LogP contribution in [0.5, 0.6) is 5.75 Å². The van der Waals surface area contributed by atoms with Crippen molar-refractivity contribution in [1.29, 1.82) is 0 Å². The summed E-state index contributed by atoms with van der Waals surface area (Å²) < 4.78 is 0. The zero-order chi connectivity index (χ0) is 15.9. The molecule has 0 spiro atoms. The van der Waals surface area contributed by atoms with Crippen molar-refractivity contribution >= 4 is 11.9 Å². The summed E-state index contributed by atoms with van der Waals surface area (Å²) >= 11 is 0. The molecule has 0 aromatic heterocycles. The number of rotatable bonds is 4. The molecule has 1 aromatic rings. The van der Waals surface area contributed by atoms with Gasteiger partial charge in [0, 0.05) is 19.6 Å². The zero-order valence-electron chi connectivity index (χ0n) is 13.0. The number of likely N-dealkylation sites (tertiary alicyclic amines) is 1. The molecule has 6 heteroatoms. The van der Waals surface area contributed by atoms with Gasteiger partial charge in [0.25, 0.3) is 5.91 Å². The van der Waals surface area contributed by atoms with Crippen molar-refractivity contribution in [3.8, 4) is 5.75 Å². The van der Waals surface area contributed by atoms with E-state index in [1.54, 1.807) is 18.2 Å². The molecule has 0 saturated carbocycles. The maximum Gasteiger partial charge on any atom is 0.255 e. The number of nitrogens with zero attached hydrogens (tertiary/aromatic N) is 2. The lowest BCUT2D eigenvalue weighted by atomic mass is 10.0. The van der Waals surface area contributed by atoms with E-state index in [-0.39, 0.29) is 17.2 Å². The molecule has 120 valence electrons. The van der Waals surface area contributed by atoms with E-state index in [1.165, 1.54) is 12.5 Å². The molecule has 1 unspecified atom stereocenters. The van der Waals surface area contributed by atoms with E-state index in [0.29, 0.717) is 25.0 Å². The number of benzene rings is 1. The van der Waals surface area contributed by atoms with E-state index in [4.69, 9.17) is 5.73 Å². The van der Waals surface area contributed by atoms with Gasteiger partial charge in [0.2, 0.25) is 0 Å². The summed E-state index contributed by atoms with van der Waals surface area (Å²) in [5, 5.41) is 12.3. The molecule has 22 heavy (non-hydrogen) atoms. The highest BCUT2D eigenvalue weighted by atomic mass is 16.3. The van der Waals surface area contributed by atoms with Crippen molar-refractivity contribution in [2.24, 2.45) is 16.6 Å². The number of amides is 1. The quantitative estimate of drug-likeness (QED) is 0.442. The molecular formula is C16H24N4O2. The Bertz CT molecular complexity index is 545. The topological polar surface area (TPSA) is 91.0 Å². The number of aliphatic imine (C=N–C) groups is 1. The van der Waals surface area contributed by atoms with Gasteiger partial charge >= 0.3 is 0 Å². The number of nitrogens with one attached hydrogen (secondary N) is 1. The third-order valence-corrected chi connectivity index (χ3v) is 3.80. The minimum absolute atomic E-state index is 0.0229. The molecule has 1 saturated heterocycles. The van der Waals surface area contributed by atoms with Crippen molar-refractivity contribution in [3.05, 3.63) is 29.8 Å². The normalized spacial score (nSPS) is 19.0. The van der Waals surface area contributed by atoms with Crippen molar-refractivity contribution in [1.82, 2.24) is 10.2 Å². The summed E-state index contributed by atoms with van der Waals surface area (Å²) in [5.74, 6) is 0.857. The number of phenols is 1. The van der Waals surface area contributed by atoms with Crippen LogP contribution in [-0.2, 0) is 0 Å². The van der Waals surface area contributed by atoms with Gasteiger partial charge < -0.3 is 21.1 Å². The standard InChI is InChI=1S/C16H24N4O2/c1-12-5-4-10-20(11-12)16(17)19-9-8-18-15(22)13-6-2-3-7-14(13)21/h2-3,6-7,12,21H,4-5,8-11H2,1H3,(H2,17,19)(H,18,22). The van der Waals surface area contributed by atoms with Gasteiger partial charge in [0.1, 0.15) is 5.75 Å². The first kappa shape index (κ1) is 16.1. The Kier molecular flexibility index (Phi) is 5.63. The summed E-state index contributed by atoms with van der Waals surface area (Å²) in [4.78, 5) is 18.3. The van der Waals surface area contributed by atoms with E-state index >= 15 is 0 Å². The van der Waals surface area contributed by atoms with Gasteiger partial charge in [-0.15, -0.1) is 0 Å². The SMILES string of the molecule is CC1CCCN(C(N)=NCCNC(=O)c2ccccc2O)C1. The van der Waals surface area contributed by atoms with Crippen LogP contribution < -0.4 is 11.1 Å². The van der Waals surface area contributed by atoms with E-state index in [0.717, 1.165) is 19.5 Å². The van der Waals surface area contributed by atoms with Gasteiger partial charge in [-0.05, 0) is 30.9 Å². The molecule has 1 atom stereocenters. The van der Waals surface area contributed by atoms with Crippen LogP contribution in [0, 0.1) is 5.92 Å². The minimum Gasteiger partial charge on any atom is -0.507 e. The molecule has 2 rings (SSSR count). The fourth-order valence-electron chi connectivity index (χ4n) is 2.60. The van der Waals surface area contributed by atoms with Crippen LogP contribution in [0.4, 0.5) is 0 Å². The molecule has 4 N–H and O–H groups in total. The summed E-state index contributed by atoms with van der Waals surface area (Å²) in [6, 6.07) is 6.46. The summed E-state index contributed by atoms with van der Waals surface area (Å²) in [6.45, 7) is 4.92. The Balaban J connectivity index is 1.77. The second-order valence-electron chi connectivity index (χ2n) is 5.71. The van der Waals surface area contributed by atoms with E-state index in [2.05, 4.69) is 22.1 Å². The summed E-state index contributed by atoms with van der Waals surface area (Å²) in [5.41, 5.74) is 6.25. The highest BCUT2D eigenvalue weighted by molar-refractivity contribution is 5.96. The first-order chi connectivity index (χ1) is 10.6. The van der Waals surface area contributed by atoms with Crippen LogP contribution in [0.25, 0.3) is 0 Å². The summed E-state index contributed by atoms with van der Waals surface area (Å²) in [6.07, 6.45) is 2.38. The molecule has 0 bridgehead atoms. The van der Waals surface area contributed by atoms with Gasteiger partial charge in [0.05, 0.1) is 12.1 Å². The van der Waals surface area contributed by atoms with E-state index in [1.807, 2.05) is 0 Å². The molecule has 1 aliphatic heterocycles. The predicted molar refractivity (Wildman–Crippen MR) is 86.9 cm³/mol. The lowest BCUT2D eigenvalue weighted by Crippen LogP contribution is -2.43. The van der Waals surface area contributed by atoms with E-state index < -0.39 is 0 Å². The average Bonchev–Trinajstić information content (AvgIpc) is 2.51. The van der Waals surface area contributed by atoms with Gasteiger partial charge in [-0.2, -0.15) is 0 Å². The van der Waals surface area contributed by atoms with Crippen molar-refractivity contribution in [2.45, 2.75) is 19.8 Å². The molecule has 1 heterocycles. The Labute approximate surface area is 131 Å². The van der Waals surface area contributed by atoms with E-state index in [9.17, 15) is 9.90 Å². The van der Waals surface area contributed by atoms with Crippen molar-refractivity contribution < 1.29 is 9.90 Å². The molecular weight excluding hydrogens is 280 g/mol. The number of carbonyl (C=O) groups excluding carboxylic acids is 1. The molecule has 1 amide bonds. The molecule has 1 aliphatic rings. The van der Waals surface area contributed by atoms with Crippen molar-refractivity contribution in [3.63, 3.8) is 0 Å². The molecule has 1 aromatic carbocycles. The number of phenolic OH excluding ortho intramolecular Hbond substituents is 1. The van der Waals surface area contributed by atoms with Gasteiger partial charge in [-0.1, -0.05) is 19.1 Å². The monoisotopic (exact) mass is 304 g/mol. The number of hydrogen-bond donors (Lipinski definition) is 3. The van der Waals surface area contributed by atoms with Crippen LogP contribution in [0.1, 0.15) is 30.1 Å². The Morgan fingerprint density at radius 1 is 1.50 bits per heavy atom. The third-order valence-electron chi connectivity index (χ3n) is 3.80. The number of para-hydroxylation sites is 1. The van der Waals surface area contributed by atoms with Gasteiger partial charge in [-0.25, -0.2) is 0 Å². The van der Waals surface area contributed by atoms with Crippen LogP contribution in [-0.4, -0.2) is 48.1 Å². The summed E-state index contributed by atoms with van der Waals surface area (Å²) in [7, 11) is 0. The maximum absolute atomic E-state index is 11.9. The Morgan fingerprint density at radius 2 is 2.27 bits per heavy atom. The third kappa shape index (κ3) is 4.38. The second kappa shape index (κ2) is 7.68. The zero-order valence-corrected chi connectivity index (χ0v) is 13.0. The largest absolute Gasteiger partial charge is 0.507 e. The highest BCUT2D eigenvalue weighted by Crippen LogP contribution is 2.15. The van der Waals surface area contributed by atoms with Crippen molar-refractivity contribution in [2.75, 3.05) is 26.2 Å². The minimum atomic E-state index is -0.307. The predicted octanol–water partition coefficient (Wildman–Crippen LogP) is 1.17. The first-order valence-corrected chi connectivity index (χ1v) is 7.69. The van der Waals surface area contributed by atoms with Crippen LogP contribution in [0.2, 0.25) is 0 Å². The number of aromatic hydroxyl groups is 1. The second-order valence-corrected chi connectivity index (χ2v) is 5.71. The number of nitrogens with two attached hydrogens (primary N) is 1. The van der Waals surface area contributed by atoms with Gasteiger partial charge in [0.15, 0.2) is 5.96 Å². The number of piperidine rings is 1. The molecule has 0 radical (unpaired) electrons. The fraction of sp³-hybridized carbons (Fsp3) is 0.500. The Morgan fingerprint density at radius 3 is 3.00 bits per heavy atom. The smallest absolute Gasteiger partial charge is 0.255 e. The molecule has 0 aliphatic carbocycles. The molecule has 6 nitrogen and oxygen atoms in total. The maximum atomic E-state index is 11.9. The number of guanidine groups is 1. The average molecular weight is 304 g/mol. The van der Waals surface area contributed by atoms with Crippen LogP contribution in [0.3, 0.4) is 0 Å². The molecule has 1 fully saturated rings.